The molecule has 0 aromatic heterocycles. The maximum atomic E-state index is 6.12. The largest absolute Gasteiger partial charge is 0.365 e. The first kappa shape index (κ1) is 12.3. The Morgan fingerprint density at radius 2 is 1.94 bits per heavy atom. The molecule has 0 spiro atoms. The molecular formula is C15H21ClN2. The lowest BCUT2D eigenvalue weighted by atomic mass is 9.88. The predicted molar refractivity (Wildman–Crippen MR) is 77.1 cm³/mol. The van der Waals surface area contributed by atoms with Gasteiger partial charge in [0.1, 0.15) is 0 Å². The first-order valence-electron chi connectivity index (χ1n) is 7.02. The van der Waals surface area contributed by atoms with Gasteiger partial charge in [-0.15, -0.1) is 0 Å². The lowest BCUT2D eigenvalue weighted by Gasteiger charge is -2.40. The number of anilines is 1. The Labute approximate surface area is 114 Å². The number of benzene rings is 1. The Balaban J connectivity index is 1.79. The molecule has 18 heavy (non-hydrogen) atoms. The van der Waals surface area contributed by atoms with Crippen LogP contribution in [0.25, 0.3) is 0 Å². The maximum Gasteiger partial charge on any atom is 0.0426 e. The Morgan fingerprint density at radius 3 is 2.56 bits per heavy atom. The smallest absolute Gasteiger partial charge is 0.0426 e. The van der Waals surface area contributed by atoms with Crippen molar-refractivity contribution in [2.45, 2.75) is 44.2 Å². The highest BCUT2D eigenvalue weighted by atomic mass is 35.5. The zero-order valence-electron chi connectivity index (χ0n) is 10.7. The molecule has 2 saturated heterocycles. The number of piperidine rings is 1. The Kier molecular flexibility index (Phi) is 3.49. The molecule has 1 aromatic carbocycles. The molecule has 2 nitrogen and oxygen atoms in total. The highest BCUT2D eigenvalue weighted by Crippen LogP contribution is 2.42. The van der Waals surface area contributed by atoms with Crippen LogP contribution in [0.3, 0.4) is 0 Å². The summed E-state index contributed by atoms with van der Waals surface area (Å²) in [6, 6.07) is 9.73. The minimum Gasteiger partial charge on any atom is -0.365 e. The van der Waals surface area contributed by atoms with Crippen LogP contribution in [0.1, 0.15) is 32.1 Å². The zero-order chi connectivity index (χ0) is 12.5. The van der Waals surface area contributed by atoms with Gasteiger partial charge in [-0.3, -0.25) is 0 Å². The van der Waals surface area contributed by atoms with Gasteiger partial charge in [-0.25, -0.2) is 0 Å². The van der Waals surface area contributed by atoms with E-state index in [1.165, 1.54) is 37.8 Å². The first-order valence-corrected chi connectivity index (χ1v) is 7.39. The van der Waals surface area contributed by atoms with Crippen molar-refractivity contribution in [1.82, 2.24) is 0 Å². The van der Waals surface area contributed by atoms with Gasteiger partial charge in [-0.1, -0.05) is 17.7 Å². The lowest BCUT2D eigenvalue weighted by Crippen LogP contribution is -2.43. The number of halogens is 1. The number of nitrogens with zero attached hydrogens (tertiary/aromatic N) is 1. The maximum absolute atomic E-state index is 6.12. The summed E-state index contributed by atoms with van der Waals surface area (Å²) >= 11 is 6.12. The Bertz CT molecular complexity index is 407. The van der Waals surface area contributed by atoms with E-state index < -0.39 is 0 Å². The molecule has 2 aliphatic rings. The summed E-state index contributed by atoms with van der Waals surface area (Å²) in [6.07, 6.45) is 6.47. The van der Waals surface area contributed by atoms with Gasteiger partial charge in [0.05, 0.1) is 0 Å². The summed E-state index contributed by atoms with van der Waals surface area (Å²) in [5.41, 5.74) is 7.01. The van der Waals surface area contributed by atoms with Crippen molar-refractivity contribution in [1.29, 1.82) is 0 Å². The molecule has 0 radical (unpaired) electrons. The Hall–Kier alpha value is -0.730. The summed E-state index contributed by atoms with van der Waals surface area (Å²) in [5, 5.41) is 0.844. The van der Waals surface area contributed by atoms with Crippen molar-refractivity contribution < 1.29 is 0 Å². The molecule has 2 N–H and O–H groups in total. The van der Waals surface area contributed by atoms with Crippen LogP contribution < -0.4 is 10.6 Å². The summed E-state index contributed by atoms with van der Waals surface area (Å²) < 4.78 is 0. The molecule has 1 aromatic rings. The highest BCUT2D eigenvalue weighted by molar-refractivity contribution is 6.30. The highest BCUT2D eigenvalue weighted by Gasteiger charge is 2.40. The third-order valence-electron chi connectivity index (χ3n) is 4.51. The van der Waals surface area contributed by atoms with Crippen LogP contribution in [0, 0.1) is 5.92 Å². The van der Waals surface area contributed by atoms with E-state index >= 15 is 0 Å². The third-order valence-corrected chi connectivity index (χ3v) is 4.75. The second-order valence-electron chi connectivity index (χ2n) is 5.69. The number of hydrogen-bond donors (Lipinski definition) is 1. The lowest BCUT2D eigenvalue weighted by molar-refractivity contribution is 0.326. The molecule has 2 atom stereocenters. The van der Waals surface area contributed by atoms with E-state index in [0.717, 1.165) is 17.5 Å². The SMILES string of the molecule is NCCC1CC2CCC(C1)N2c1cccc(Cl)c1. The number of rotatable bonds is 3. The van der Waals surface area contributed by atoms with Crippen LogP contribution in [0.15, 0.2) is 24.3 Å². The number of hydrogen-bond acceptors (Lipinski definition) is 2. The van der Waals surface area contributed by atoms with Crippen LogP contribution in [-0.2, 0) is 0 Å². The summed E-state index contributed by atoms with van der Waals surface area (Å²) in [6.45, 7) is 0.835. The van der Waals surface area contributed by atoms with Crippen LogP contribution in [0.4, 0.5) is 5.69 Å². The second kappa shape index (κ2) is 5.10. The quantitative estimate of drug-likeness (QED) is 0.906. The van der Waals surface area contributed by atoms with Crippen molar-refractivity contribution in [3.05, 3.63) is 29.3 Å². The molecular weight excluding hydrogens is 244 g/mol. The van der Waals surface area contributed by atoms with Crippen LogP contribution in [-0.4, -0.2) is 18.6 Å². The van der Waals surface area contributed by atoms with Gasteiger partial charge in [-0.2, -0.15) is 0 Å². The molecule has 2 heterocycles. The van der Waals surface area contributed by atoms with Crippen molar-refractivity contribution in [3.8, 4) is 0 Å². The molecule has 2 fully saturated rings. The molecule has 0 aliphatic carbocycles. The average molecular weight is 265 g/mol. The monoisotopic (exact) mass is 264 g/mol. The minimum atomic E-state index is 0.707. The van der Waals surface area contributed by atoms with Crippen LogP contribution >= 0.6 is 11.6 Å². The number of fused-ring (bicyclic) bond motifs is 2. The molecule has 0 amide bonds. The molecule has 3 rings (SSSR count). The van der Waals surface area contributed by atoms with Crippen LogP contribution in [0.2, 0.25) is 5.02 Å². The van der Waals surface area contributed by atoms with E-state index in [9.17, 15) is 0 Å². The zero-order valence-corrected chi connectivity index (χ0v) is 11.4. The first-order chi connectivity index (χ1) is 8.78. The van der Waals surface area contributed by atoms with Crippen molar-refractivity contribution in [3.63, 3.8) is 0 Å². The molecule has 2 unspecified atom stereocenters. The Morgan fingerprint density at radius 1 is 1.22 bits per heavy atom. The van der Waals surface area contributed by atoms with E-state index in [1.807, 2.05) is 6.07 Å². The van der Waals surface area contributed by atoms with Gasteiger partial charge >= 0.3 is 0 Å². The summed E-state index contributed by atoms with van der Waals surface area (Å²) in [7, 11) is 0. The predicted octanol–water partition coefficient (Wildman–Crippen LogP) is 3.44. The van der Waals surface area contributed by atoms with Gasteiger partial charge in [0.25, 0.3) is 0 Å². The van der Waals surface area contributed by atoms with E-state index in [2.05, 4.69) is 23.1 Å². The van der Waals surface area contributed by atoms with Crippen molar-refractivity contribution in [2.24, 2.45) is 11.7 Å². The normalized spacial score (nSPS) is 30.8. The molecule has 2 bridgehead atoms. The summed E-state index contributed by atoms with van der Waals surface area (Å²) in [4.78, 5) is 2.61. The fourth-order valence-electron chi connectivity index (χ4n) is 3.82. The van der Waals surface area contributed by atoms with Gasteiger partial charge in [0, 0.05) is 22.8 Å². The third kappa shape index (κ3) is 2.24. The van der Waals surface area contributed by atoms with Gasteiger partial charge < -0.3 is 10.6 Å². The second-order valence-corrected chi connectivity index (χ2v) is 6.12. The van der Waals surface area contributed by atoms with Gasteiger partial charge in [-0.05, 0) is 62.8 Å². The fraction of sp³-hybridized carbons (Fsp3) is 0.600. The topological polar surface area (TPSA) is 29.3 Å². The fourth-order valence-corrected chi connectivity index (χ4v) is 4.00. The average Bonchev–Trinajstić information content (AvgIpc) is 2.62. The van der Waals surface area contributed by atoms with E-state index in [-0.39, 0.29) is 0 Å². The van der Waals surface area contributed by atoms with Crippen molar-refractivity contribution >= 4 is 17.3 Å². The van der Waals surface area contributed by atoms with E-state index in [4.69, 9.17) is 17.3 Å². The van der Waals surface area contributed by atoms with Gasteiger partial charge in [0.15, 0.2) is 0 Å². The van der Waals surface area contributed by atoms with E-state index in [1.54, 1.807) is 0 Å². The van der Waals surface area contributed by atoms with Crippen LogP contribution in [0.5, 0.6) is 0 Å². The molecule has 98 valence electrons. The van der Waals surface area contributed by atoms with E-state index in [0.29, 0.717) is 12.1 Å². The molecule has 3 heteroatoms. The number of nitrogens with two attached hydrogens (primary N) is 1. The minimum absolute atomic E-state index is 0.707. The molecule has 2 aliphatic heterocycles. The standard InChI is InChI=1S/C15H21ClN2/c16-12-2-1-3-13(10-12)18-14-4-5-15(18)9-11(8-14)6-7-17/h1-3,10-11,14-15H,4-9,17H2. The van der Waals surface area contributed by atoms with Gasteiger partial charge in [0.2, 0.25) is 0 Å². The van der Waals surface area contributed by atoms with Crippen molar-refractivity contribution in [2.75, 3.05) is 11.4 Å². The summed E-state index contributed by atoms with van der Waals surface area (Å²) in [5.74, 6) is 0.836. The molecule has 0 saturated carbocycles.